The molecule has 3 aromatic rings. The van der Waals surface area contributed by atoms with Gasteiger partial charge in [-0.25, -0.2) is 4.39 Å². The van der Waals surface area contributed by atoms with Gasteiger partial charge in [0.1, 0.15) is 11.4 Å². The molecule has 0 spiro atoms. The molecule has 2 aliphatic rings. The summed E-state index contributed by atoms with van der Waals surface area (Å²) in [7, 11) is 0. The smallest absolute Gasteiger partial charge is 0.290 e. The fourth-order valence-electron chi connectivity index (χ4n) is 4.67. The molecule has 0 radical (unpaired) electrons. The Morgan fingerprint density at radius 1 is 1.06 bits per heavy atom. The second-order valence-corrected chi connectivity index (χ2v) is 8.40. The van der Waals surface area contributed by atoms with Gasteiger partial charge in [0.15, 0.2) is 5.43 Å². The highest BCUT2D eigenvalue weighted by atomic mass is 19.1. The number of aryl methyl sites for hydroxylation is 1. The molecular weight excluding hydrogens is 411 g/mol. The zero-order valence-corrected chi connectivity index (χ0v) is 18.0. The normalized spacial score (nSPS) is 19.0. The first-order valence-corrected chi connectivity index (χ1v) is 11.0. The Labute approximate surface area is 185 Å². The van der Waals surface area contributed by atoms with Crippen LogP contribution in [-0.2, 0) is 4.74 Å². The molecule has 1 fully saturated rings. The van der Waals surface area contributed by atoms with Gasteiger partial charge < -0.3 is 14.1 Å². The molecule has 0 N–H and O–H groups in total. The number of fused-ring (bicyclic) bond motifs is 2. The van der Waals surface area contributed by atoms with E-state index in [2.05, 4.69) is 4.90 Å². The van der Waals surface area contributed by atoms with Gasteiger partial charge in [0.25, 0.3) is 5.91 Å². The van der Waals surface area contributed by atoms with Gasteiger partial charge >= 0.3 is 0 Å². The highest BCUT2D eigenvalue weighted by Gasteiger charge is 2.43. The van der Waals surface area contributed by atoms with E-state index in [9.17, 15) is 14.0 Å². The molecule has 0 aliphatic carbocycles. The topological polar surface area (TPSA) is 63.0 Å². The van der Waals surface area contributed by atoms with Crippen LogP contribution in [0.25, 0.3) is 11.0 Å². The van der Waals surface area contributed by atoms with Crippen molar-refractivity contribution >= 4 is 16.9 Å². The van der Waals surface area contributed by atoms with Crippen molar-refractivity contribution < 1.29 is 18.3 Å². The van der Waals surface area contributed by atoms with Crippen molar-refractivity contribution in [2.24, 2.45) is 0 Å². The molecular formula is C25H25FN2O4. The van der Waals surface area contributed by atoms with Crippen molar-refractivity contribution in [1.82, 2.24) is 9.80 Å². The van der Waals surface area contributed by atoms with Crippen LogP contribution in [0.4, 0.5) is 4.39 Å². The van der Waals surface area contributed by atoms with Gasteiger partial charge in [0, 0.05) is 31.7 Å². The molecule has 0 bridgehead atoms. The van der Waals surface area contributed by atoms with E-state index in [0.717, 1.165) is 25.2 Å². The van der Waals surface area contributed by atoms with Crippen LogP contribution in [0.5, 0.6) is 0 Å². The van der Waals surface area contributed by atoms with E-state index in [1.54, 1.807) is 35.2 Å². The highest BCUT2D eigenvalue weighted by molar-refractivity contribution is 5.99. The summed E-state index contributed by atoms with van der Waals surface area (Å²) in [5.41, 5.74) is 1.55. The third-order valence-corrected chi connectivity index (χ3v) is 6.30. The Kier molecular flexibility index (Phi) is 5.53. The van der Waals surface area contributed by atoms with E-state index >= 15 is 0 Å². The Morgan fingerprint density at radius 2 is 1.84 bits per heavy atom. The molecule has 5 rings (SSSR count). The van der Waals surface area contributed by atoms with E-state index in [4.69, 9.17) is 9.15 Å². The number of amides is 1. The number of hydrogen-bond donors (Lipinski definition) is 0. The maximum absolute atomic E-state index is 14.9. The minimum Gasteiger partial charge on any atom is -0.450 e. The fourth-order valence-corrected chi connectivity index (χ4v) is 4.67. The van der Waals surface area contributed by atoms with Crippen molar-refractivity contribution in [3.05, 3.63) is 81.0 Å². The lowest BCUT2D eigenvalue weighted by atomic mass is 9.97. The standard InChI is InChI=1S/C25H25FN2O4/c1-16-7-8-20-18(15-16)23(29)21-22(17-5-2-3-6-19(17)26)28(25(30)24(21)32-20)10-4-9-27-11-13-31-14-12-27/h2-3,5-8,15,22H,4,9-14H2,1H3/t22-/m1/s1. The monoisotopic (exact) mass is 436 g/mol. The van der Waals surface area contributed by atoms with E-state index in [1.165, 1.54) is 6.07 Å². The molecule has 166 valence electrons. The van der Waals surface area contributed by atoms with Crippen LogP contribution in [-0.4, -0.2) is 55.1 Å². The third-order valence-electron chi connectivity index (χ3n) is 6.30. The van der Waals surface area contributed by atoms with Gasteiger partial charge in [-0.15, -0.1) is 0 Å². The predicted molar refractivity (Wildman–Crippen MR) is 118 cm³/mol. The SMILES string of the molecule is Cc1ccc2oc3c(c(=O)c2c1)[C@@H](c1ccccc1F)N(CCCN1CCOCC1)C3=O. The molecule has 2 aromatic carbocycles. The first kappa shape index (κ1) is 20.8. The summed E-state index contributed by atoms with van der Waals surface area (Å²) in [6, 6.07) is 10.8. The molecule has 6 nitrogen and oxygen atoms in total. The summed E-state index contributed by atoms with van der Waals surface area (Å²) >= 11 is 0. The summed E-state index contributed by atoms with van der Waals surface area (Å²) < 4.78 is 26.2. The summed E-state index contributed by atoms with van der Waals surface area (Å²) in [5, 5.41) is 0.410. The molecule has 2 aliphatic heterocycles. The molecule has 7 heteroatoms. The molecule has 1 aromatic heterocycles. The van der Waals surface area contributed by atoms with Gasteiger partial charge in [0.05, 0.1) is 30.2 Å². The third kappa shape index (κ3) is 3.61. The fraction of sp³-hybridized carbons (Fsp3) is 0.360. The Balaban J connectivity index is 1.55. The Bertz CT molecular complexity index is 1230. The number of rotatable bonds is 5. The maximum atomic E-state index is 14.9. The van der Waals surface area contributed by atoms with Crippen molar-refractivity contribution in [3.8, 4) is 0 Å². The van der Waals surface area contributed by atoms with Crippen LogP contribution in [0.1, 0.15) is 39.7 Å². The summed E-state index contributed by atoms with van der Waals surface area (Å²) in [6.07, 6.45) is 0.706. The van der Waals surface area contributed by atoms with Gasteiger partial charge in [-0.3, -0.25) is 14.5 Å². The molecule has 1 amide bonds. The molecule has 32 heavy (non-hydrogen) atoms. The zero-order valence-electron chi connectivity index (χ0n) is 18.0. The van der Waals surface area contributed by atoms with Gasteiger partial charge in [0.2, 0.25) is 5.76 Å². The minimum atomic E-state index is -0.801. The van der Waals surface area contributed by atoms with Crippen molar-refractivity contribution in [2.75, 3.05) is 39.4 Å². The summed E-state index contributed by atoms with van der Waals surface area (Å²) in [6.45, 7) is 6.21. The van der Waals surface area contributed by atoms with Gasteiger partial charge in [-0.1, -0.05) is 29.8 Å². The summed E-state index contributed by atoms with van der Waals surface area (Å²) in [4.78, 5) is 30.7. The van der Waals surface area contributed by atoms with Crippen LogP contribution >= 0.6 is 0 Å². The second kappa shape index (κ2) is 8.48. The Morgan fingerprint density at radius 3 is 2.62 bits per heavy atom. The highest BCUT2D eigenvalue weighted by Crippen LogP contribution is 2.39. The van der Waals surface area contributed by atoms with E-state index in [1.807, 2.05) is 13.0 Å². The number of morpholine rings is 1. The molecule has 1 atom stereocenters. The zero-order chi connectivity index (χ0) is 22.2. The van der Waals surface area contributed by atoms with Crippen LogP contribution < -0.4 is 5.43 Å². The number of carbonyl (C=O) groups is 1. The quantitative estimate of drug-likeness (QED) is 0.613. The molecule has 0 saturated carbocycles. The number of benzene rings is 2. The van der Waals surface area contributed by atoms with Crippen molar-refractivity contribution in [1.29, 1.82) is 0 Å². The maximum Gasteiger partial charge on any atom is 0.290 e. The van der Waals surface area contributed by atoms with Crippen LogP contribution in [0.2, 0.25) is 0 Å². The second-order valence-electron chi connectivity index (χ2n) is 8.40. The number of carbonyl (C=O) groups excluding carboxylic acids is 1. The predicted octanol–water partition coefficient (Wildman–Crippen LogP) is 3.51. The van der Waals surface area contributed by atoms with Crippen LogP contribution in [0, 0.1) is 12.7 Å². The van der Waals surface area contributed by atoms with Gasteiger partial charge in [-0.2, -0.15) is 0 Å². The lowest BCUT2D eigenvalue weighted by Crippen LogP contribution is -2.39. The average molecular weight is 436 g/mol. The van der Waals surface area contributed by atoms with Crippen molar-refractivity contribution in [2.45, 2.75) is 19.4 Å². The number of hydrogen-bond acceptors (Lipinski definition) is 5. The molecule has 1 saturated heterocycles. The lowest BCUT2D eigenvalue weighted by Gasteiger charge is -2.29. The van der Waals surface area contributed by atoms with E-state index in [-0.39, 0.29) is 22.7 Å². The number of nitrogens with zero attached hydrogens (tertiary/aromatic N) is 2. The number of ether oxygens (including phenoxy) is 1. The first-order chi connectivity index (χ1) is 15.5. The van der Waals surface area contributed by atoms with Crippen molar-refractivity contribution in [3.63, 3.8) is 0 Å². The Hall–Kier alpha value is -3.03. The number of halogens is 1. The molecule has 3 heterocycles. The van der Waals surface area contributed by atoms with E-state index in [0.29, 0.717) is 42.7 Å². The molecule has 0 unspecified atom stereocenters. The lowest BCUT2D eigenvalue weighted by molar-refractivity contribution is 0.0353. The first-order valence-electron chi connectivity index (χ1n) is 11.0. The minimum absolute atomic E-state index is 0.0194. The van der Waals surface area contributed by atoms with E-state index < -0.39 is 11.9 Å². The average Bonchev–Trinajstić information content (AvgIpc) is 3.07. The largest absolute Gasteiger partial charge is 0.450 e. The van der Waals surface area contributed by atoms with Gasteiger partial charge in [-0.05, 0) is 31.5 Å². The summed E-state index contributed by atoms with van der Waals surface area (Å²) in [5.74, 6) is -0.791. The van der Waals surface area contributed by atoms with Crippen LogP contribution in [0.3, 0.4) is 0 Å². The van der Waals surface area contributed by atoms with Crippen LogP contribution in [0.15, 0.2) is 51.7 Å².